The van der Waals surface area contributed by atoms with E-state index in [-0.39, 0.29) is 19.6 Å². The van der Waals surface area contributed by atoms with Gasteiger partial charge in [-0.15, -0.1) is 0 Å². The summed E-state index contributed by atoms with van der Waals surface area (Å²) >= 11 is 0. The van der Waals surface area contributed by atoms with Gasteiger partial charge in [0.1, 0.15) is 5.83 Å². The lowest BCUT2D eigenvalue weighted by atomic mass is 10.1. The highest BCUT2D eigenvalue weighted by Crippen LogP contribution is 2.23. The first-order valence-electron chi connectivity index (χ1n) is 5.55. The van der Waals surface area contributed by atoms with E-state index in [9.17, 15) is 14.0 Å². The van der Waals surface area contributed by atoms with Gasteiger partial charge in [0.15, 0.2) is 0 Å². The molecule has 1 heterocycles. The molecule has 5 heteroatoms. The molecule has 1 aliphatic heterocycles. The number of amides is 2. The number of halogens is 1. The molecule has 18 heavy (non-hydrogen) atoms. The summed E-state index contributed by atoms with van der Waals surface area (Å²) in [4.78, 5) is 24.6. The molecule has 0 fully saturated rings. The van der Waals surface area contributed by atoms with Gasteiger partial charge in [0.25, 0.3) is 11.8 Å². The van der Waals surface area contributed by atoms with Crippen molar-refractivity contribution >= 4 is 11.8 Å². The van der Waals surface area contributed by atoms with E-state index in [1.165, 1.54) is 6.08 Å². The molecule has 1 aromatic carbocycles. The summed E-state index contributed by atoms with van der Waals surface area (Å²) in [6.45, 7) is -0.554. The summed E-state index contributed by atoms with van der Waals surface area (Å²) in [6, 6.07) is 6.41. The fraction of sp³-hybridized carbons (Fsp3) is 0.231. The number of imide groups is 1. The van der Waals surface area contributed by atoms with Crippen LogP contribution in [0.15, 0.2) is 36.2 Å². The zero-order chi connectivity index (χ0) is 13.1. The van der Waals surface area contributed by atoms with Crippen LogP contribution in [0, 0.1) is 0 Å². The number of carbonyl (C=O) groups is 2. The lowest BCUT2D eigenvalue weighted by molar-refractivity contribution is 0.0660. The number of carbonyl (C=O) groups excluding carboxylic acids is 2. The molecular formula is C13H12FNO3. The average molecular weight is 249 g/mol. The smallest absolute Gasteiger partial charge is 0.261 e. The zero-order valence-corrected chi connectivity index (χ0v) is 9.60. The van der Waals surface area contributed by atoms with E-state index < -0.39 is 17.6 Å². The van der Waals surface area contributed by atoms with Crippen LogP contribution in [0.4, 0.5) is 4.39 Å². The Morgan fingerprint density at radius 2 is 1.78 bits per heavy atom. The molecule has 0 unspecified atom stereocenters. The van der Waals surface area contributed by atoms with Gasteiger partial charge < -0.3 is 5.11 Å². The topological polar surface area (TPSA) is 57.6 Å². The van der Waals surface area contributed by atoms with Gasteiger partial charge in [-0.3, -0.25) is 14.5 Å². The molecule has 0 bridgehead atoms. The molecule has 0 aromatic heterocycles. The van der Waals surface area contributed by atoms with Gasteiger partial charge in [-0.05, 0) is 24.6 Å². The standard InChI is InChI=1S/C13H12FNO3/c14-9(4-3-7-16)8-15-12(17)10-5-1-2-6-11(10)13(15)18/h1-2,4-6,16H,3,7-8H2/b9-4-. The highest BCUT2D eigenvalue weighted by Gasteiger charge is 2.35. The van der Waals surface area contributed by atoms with E-state index in [1.54, 1.807) is 24.3 Å². The van der Waals surface area contributed by atoms with Gasteiger partial charge in [0, 0.05) is 6.61 Å². The third kappa shape index (κ3) is 2.17. The van der Waals surface area contributed by atoms with Gasteiger partial charge in [0.05, 0.1) is 17.7 Å². The van der Waals surface area contributed by atoms with E-state index >= 15 is 0 Å². The molecule has 1 N–H and O–H groups in total. The van der Waals surface area contributed by atoms with Crippen molar-refractivity contribution in [2.24, 2.45) is 0 Å². The van der Waals surface area contributed by atoms with E-state index in [2.05, 4.69) is 0 Å². The maximum absolute atomic E-state index is 13.4. The quantitative estimate of drug-likeness (QED) is 0.823. The second-order valence-corrected chi connectivity index (χ2v) is 3.91. The van der Waals surface area contributed by atoms with Crippen LogP contribution in [0.2, 0.25) is 0 Å². The number of fused-ring (bicyclic) bond motifs is 1. The van der Waals surface area contributed by atoms with Crippen molar-refractivity contribution in [2.45, 2.75) is 6.42 Å². The number of nitrogens with zero attached hydrogens (tertiary/aromatic N) is 1. The van der Waals surface area contributed by atoms with Crippen molar-refractivity contribution in [3.8, 4) is 0 Å². The highest BCUT2D eigenvalue weighted by atomic mass is 19.1. The molecule has 0 aliphatic carbocycles. The van der Waals surface area contributed by atoms with E-state index in [0.29, 0.717) is 11.1 Å². The summed E-state index contributed by atoms with van der Waals surface area (Å²) in [7, 11) is 0. The molecule has 4 nitrogen and oxygen atoms in total. The Kier molecular flexibility index (Phi) is 3.53. The van der Waals surface area contributed by atoms with Gasteiger partial charge in [0.2, 0.25) is 0 Å². The van der Waals surface area contributed by atoms with E-state index in [1.807, 2.05) is 0 Å². The van der Waals surface area contributed by atoms with Crippen LogP contribution < -0.4 is 0 Å². The van der Waals surface area contributed by atoms with Crippen LogP contribution >= 0.6 is 0 Å². The van der Waals surface area contributed by atoms with Crippen LogP contribution in [0.3, 0.4) is 0 Å². The Hall–Kier alpha value is -2.01. The van der Waals surface area contributed by atoms with Crippen molar-refractivity contribution in [3.05, 3.63) is 47.3 Å². The summed E-state index contributed by atoms with van der Waals surface area (Å²) < 4.78 is 13.4. The highest BCUT2D eigenvalue weighted by molar-refractivity contribution is 6.21. The molecule has 0 radical (unpaired) electrons. The fourth-order valence-corrected chi connectivity index (χ4v) is 1.82. The number of hydrogen-bond acceptors (Lipinski definition) is 3. The van der Waals surface area contributed by atoms with E-state index in [0.717, 1.165) is 4.90 Å². The molecule has 1 aliphatic rings. The minimum atomic E-state index is -0.599. The predicted molar refractivity (Wildman–Crippen MR) is 62.7 cm³/mol. The Morgan fingerprint density at radius 3 is 2.28 bits per heavy atom. The number of benzene rings is 1. The maximum atomic E-state index is 13.4. The van der Waals surface area contributed by atoms with Crippen LogP contribution in [-0.2, 0) is 0 Å². The molecule has 2 rings (SSSR count). The molecular weight excluding hydrogens is 237 g/mol. The monoisotopic (exact) mass is 249 g/mol. The first kappa shape index (κ1) is 12.4. The van der Waals surface area contributed by atoms with Crippen molar-refractivity contribution < 1.29 is 19.1 Å². The number of aliphatic hydroxyl groups excluding tert-OH is 1. The minimum Gasteiger partial charge on any atom is -0.396 e. The van der Waals surface area contributed by atoms with Crippen molar-refractivity contribution in [2.75, 3.05) is 13.2 Å². The predicted octanol–water partition coefficient (Wildman–Crippen LogP) is 1.52. The molecule has 0 atom stereocenters. The Labute approximate surface area is 103 Å². The van der Waals surface area contributed by atoms with Gasteiger partial charge in [-0.25, -0.2) is 4.39 Å². The fourth-order valence-electron chi connectivity index (χ4n) is 1.82. The Balaban J connectivity index is 2.19. The van der Waals surface area contributed by atoms with Gasteiger partial charge in [-0.1, -0.05) is 12.1 Å². The molecule has 1 aromatic rings. The van der Waals surface area contributed by atoms with Crippen molar-refractivity contribution in [1.29, 1.82) is 0 Å². The van der Waals surface area contributed by atoms with Gasteiger partial charge >= 0.3 is 0 Å². The molecule has 0 saturated heterocycles. The van der Waals surface area contributed by atoms with E-state index in [4.69, 9.17) is 5.11 Å². The average Bonchev–Trinajstić information content (AvgIpc) is 2.62. The second kappa shape index (κ2) is 5.10. The van der Waals surface area contributed by atoms with Crippen LogP contribution in [-0.4, -0.2) is 35.0 Å². The SMILES string of the molecule is O=C1c2ccccc2C(=O)N1C/C(F)=C/CCO. The zero-order valence-electron chi connectivity index (χ0n) is 9.60. The Morgan fingerprint density at radius 1 is 1.22 bits per heavy atom. The van der Waals surface area contributed by atoms with Gasteiger partial charge in [-0.2, -0.15) is 0 Å². The molecule has 2 amide bonds. The summed E-state index contributed by atoms with van der Waals surface area (Å²) in [5.41, 5.74) is 0.606. The summed E-state index contributed by atoms with van der Waals surface area (Å²) in [6.07, 6.45) is 1.33. The number of aliphatic hydroxyl groups is 1. The van der Waals surface area contributed by atoms with Crippen LogP contribution in [0.1, 0.15) is 27.1 Å². The first-order valence-corrected chi connectivity index (χ1v) is 5.55. The second-order valence-electron chi connectivity index (χ2n) is 3.91. The summed E-state index contributed by atoms with van der Waals surface area (Å²) in [5.74, 6) is -1.56. The van der Waals surface area contributed by atoms with Crippen LogP contribution in [0.25, 0.3) is 0 Å². The Bertz CT molecular complexity index is 490. The molecule has 0 spiro atoms. The van der Waals surface area contributed by atoms with Crippen molar-refractivity contribution in [3.63, 3.8) is 0 Å². The molecule has 0 saturated carbocycles. The first-order chi connectivity index (χ1) is 8.65. The third-order valence-corrected chi connectivity index (χ3v) is 2.68. The van der Waals surface area contributed by atoms with Crippen LogP contribution in [0.5, 0.6) is 0 Å². The summed E-state index contributed by atoms with van der Waals surface area (Å²) in [5, 5.41) is 8.56. The number of hydrogen-bond donors (Lipinski definition) is 1. The maximum Gasteiger partial charge on any atom is 0.261 e. The largest absolute Gasteiger partial charge is 0.396 e. The third-order valence-electron chi connectivity index (χ3n) is 2.68. The van der Waals surface area contributed by atoms with Crippen molar-refractivity contribution in [1.82, 2.24) is 4.90 Å². The normalized spacial score (nSPS) is 15.2. The minimum absolute atomic E-state index is 0.162. The molecule has 94 valence electrons. The number of rotatable bonds is 4. The lowest BCUT2D eigenvalue weighted by Crippen LogP contribution is -2.31. The lowest BCUT2D eigenvalue weighted by Gasteiger charge is -2.11.